The number of rotatable bonds is 4. The van der Waals surface area contributed by atoms with Crippen molar-refractivity contribution in [3.63, 3.8) is 0 Å². The highest BCUT2D eigenvalue weighted by Gasteiger charge is 2.15. The Kier molecular flexibility index (Phi) is 4.63. The van der Waals surface area contributed by atoms with Gasteiger partial charge in [0.05, 0.1) is 18.3 Å². The molecule has 0 saturated heterocycles. The number of hydrogen-bond donors (Lipinski definition) is 0. The molecule has 4 heteroatoms. The van der Waals surface area contributed by atoms with E-state index in [9.17, 15) is 8.78 Å². The van der Waals surface area contributed by atoms with E-state index in [1.807, 2.05) is 20.8 Å². The van der Waals surface area contributed by atoms with E-state index in [1.54, 1.807) is 6.92 Å². The molecule has 0 radical (unpaired) electrons. The summed E-state index contributed by atoms with van der Waals surface area (Å²) in [7, 11) is 0. The van der Waals surface area contributed by atoms with Crippen LogP contribution in [0.15, 0.2) is 0 Å². The molecule has 0 aliphatic rings. The van der Waals surface area contributed by atoms with E-state index in [0.29, 0.717) is 0 Å². The highest BCUT2D eigenvalue weighted by Crippen LogP contribution is 2.09. The van der Waals surface area contributed by atoms with Gasteiger partial charge in [-0.15, -0.1) is 0 Å². The fourth-order valence-corrected chi connectivity index (χ4v) is 0.582. The van der Waals surface area contributed by atoms with E-state index < -0.39 is 12.7 Å². The van der Waals surface area contributed by atoms with Crippen molar-refractivity contribution in [2.24, 2.45) is 0 Å². The zero-order valence-corrected chi connectivity index (χ0v) is 7.93. The van der Waals surface area contributed by atoms with Crippen LogP contribution >= 0.6 is 0 Å². The maximum atomic E-state index is 11.6. The number of alkyl halides is 2. The first-order valence-electron chi connectivity index (χ1n) is 3.89. The molecule has 0 rings (SSSR count). The quantitative estimate of drug-likeness (QED) is 0.664. The lowest BCUT2D eigenvalue weighted by Crippen LogP contribution is -2.27. The smallest absolute Gasteiger partial charge is 0.345 e. The Morgan fingerprint density at radius 1 is 1.25 bits per heavy atom. The molecule has 2 nitrogen and oxygen atoms in total. The number of halogens is 2. The topological polar surface area (TPSA) is 18.5 Å². The monoisotopic (exact) mass is 182 g/mol. The Balaban J connectivity index is 3.51. The third-order valence-corrected chi connectivity index (χ3v) is 1.09. The first-order valence-corrected chi connectivity index (χ1v) is 3.89. The van der Waals surface area contributed by atoms with Gasteiger partial charge < -0.3 is 9.47 Å². The van der Waals surface area contributed by atoms with Crippen LogP contribution in [0.4, 0.5) is 8.78 Å². The number of ether oxygens (including phenoxy) is 2. The van der Waals surface area contributed by atoms with Crippen molar-refractivity contribution in [3.8, 4) is 0 Å². The van der Waals surface area contributed by atoms with Gasteiger partial charge in [0.25, 0.3) is 0 Å². The van der Waals surface area contributed by atoms with Gasteiger partial charge >= 0.3 is 6.61 Å². The van der Waals surface area contributed by atoms with Gasteiger partial charge in [0.15, 0.2) is 0 Å². The van der Waals surface area contributed by atoms with Crippen LogP contribution in [0.2, 0.25) is 0 Å². The normalized spacial score (nSPS) is 15.2. The van der Waals surface area contributed by atoms with Crippen LogP contribution < -0.4 is 0 Å². The Morgan fingerprint density at radius 2 is 1.75 bits per heavy atom. The van der Waals surface area contributed by atoms with Crippen molar-refractivity contribution in [2.75, 3.05) is 6.61 Å². The van der Waals surface area contributed by atoms with Gasteiger partial charge in [-0.1, -0.05) is 0 Å². The van der Waals surface area contributed by atoms with Gasteiger partial charge in [0.1, 0.15) is 0 Å². The highest BCUT2D eigenvalue weighted by atomic mass is 19.3. The Labute approximate surface area is 71.9 Å². The summed E-state index contributed by atoms with van der Waals surface area (Å²) in [6, 6.07) is 0. The molecule has 0 aliphatic heterocycles. The summed E-state index contributed by atoms with van der Waals surface area (Å²) in [6.07, 6.45) is -0.566. The Bertz CT molecular complexity index is 121. The molecule has 0 spiro atoms. The minimum absolute atomic E-state index is 0.188. The second-order valence-corrected chi connectivity index (χ2v) is 3.63. The van der Waals surface area contributed by atoms with Crippen molar-refractivity contribution >= 4 is 0 Å². The van der Waals surface area contributed by atoms with Crippen LogP contribution in [0.25, 0.3) is 0 Å². The van der Waals surface area contributed by atoms with E-state index in [4.69, 9.17) is 4.74 Å². The lowest BCUT2D eigenvalue weighted by molar-refractivity contribution is -0.180. The summed E-state index contributed by atoms with van der Waals surface area (Å²) in [5, 5.41) is 0. The molecule has 12 heavy (non-hydrogen) atoms. The minimum atomic E-state index is -2.72. The molecule has 0 heterocycles. The lowest BCUT2D eigenvalue weighted by Gasteiger charge is -2.22. The SMILES string of the molecule is C[C@H](COC(C)(C)C)OC(F)F. The molecule has 0 aromatic rings. The van der Waals surface area contributed by atoms with Gasteiger partial charge in [-0.05, 0) is 27.7 Å². The molecule has 74 valence electrons. The Morgan fingerprint density at radius 3 is 2.08 bits per heavy atom. The maximum absolute atomic E-state index is 11.6. The first-order chi connectivity index (χ1) is 5.31. The fourth-order valence-electron chi connectivity index (χ4n) is 0.582. The van der Waals surface area contributed by atoms with Crippen LogP contribution in [0, 0.1) is 0 Å². The van der Waals surface area contributed by atoms with Crippen molar-refractivity contribution in [2.45, 2.75) is 46.0 Å². The van der Waals surface area contributed by atoms with E-state index in [2.05, 4.69) is 4.74 Å². The van der Waals surface area contributed by atoms with Gasteiger partial charge in [-0.3, -0.25) is 0 Å². The molecule has 0 fully saturated rings. The highest BCUT2D eigenvalue weighted by molar-refractivity contribution is 4.60. The third-order valence-electron chi connectivity index (χ3n) is 1.09. The number of hydrogen-bond acceptors (Lipinski definition) is 2. The second kappa shape index (κ2) is 4.72. The third kappa shape index (κ3) is 7.88. The van der Waals surface area contributed by atoms with Crippen LogP contribution in [0.5, 0.6) is 0 Å². The molecule has 0 aromatic heterocycles. The largest absolute Gasteiger partial charge is 0.373 e. The molecule has 0 unspecified atom stereocenters. The van der Waals surface area contributed by atoms with Crippen molar-refractivity contribution < 1.29 is 18.3 Å². The van der Waals surface area contributed by atoms with Crippen LogP contribution in [-0.4, -0.2) is 24.9 Å². The predicted octanol–water partition coefficient (Wildman–Crippen LogP) is 2.43. The van der Waals surface area contributed by atoms with Crippen molar-refractivity contribution in [3.05, 3.63) is 0 Å². The second-order valence-electron chi connectivity index (χ2n) is 3.63. The molecule has 0 aliphatic carbocycles. The molecule has 0 aromatic carbocycles. The lowest BCUT2D eigenvalue weighted by atomic mass is 10.2. The summed E-state index contributed by atoms with van der Waals surface area (Å²) in [4.78, 5) is 0. The van der Waals surface area contributed by atoms with E-state index >= 15 is 0 Å². The van der Waals surface area contributed by atoms with Crippen LogP contribution in [0.1, 0.15) is 27.7 Å². The van der Waals surface area contributed by atoms with Crippen LogP contribution in [0.3, 0.4) is 0 Å². The average Bonchev–Trinajstić information content (AvgIpc) is 1.80. The average molecular weight is 182 g/mol. The minimum Gasteiger partial charge on any atom is -0.373 e. The van der Waals surface area contributed by atoms with Gasteiger partial charge in [-0.2, -0.15) is 8.78 Å². The summed E-state index contributed by atoms with van der Waals surface area (Å²) < 4.78 is 32.7. The van der Waals surface area contributed by atoms with Crippen LogP contribution in [-0.2, 0) is 9.47 Å². The zero-order valence-electron chi connectivity index (χ0n) is 7.93. The fraction of sp³-hybridized carbons (Fsp3) is 1.00. The van der Waals surface area contributed by atoms with E-state index in [0.717, 1.165) is 0 Å². The Hall–Kier alpha value is -0.220. The molecule has 1 atom stereocenters. The first kappa shape index (κ1) is 11.8. The van der Waals surface area contributed by atoms with Gasteiger partial charge in [0, 0.05) is 0 Å². The summed E-state index contributed by atoms with van der Waals surface area (Å²) in [6.45, 7) is 4.61. The molecule has 0 bridgehead atoms. The maximum Gasteiger partial charge on any atom is 0.345 e. The summed E-state index contributed by atoms with van der Waals surface area (Å²) in [5.41, 5.74) is -0.306. The predicted molar refractivity (Wildman–Crippen MR) is 42.3 cm³/mol. The zero-order chi connectivity index (χ0) is 9.78. The molecular formula is C8H16F2O2. The van der Waals surface area contributed by atoms with Crippen molar-refractivity contribution in [1.82, 2.24) is 0 Å². The van der Waals surface area contributed by atoms with Gasteiger partial charge in [0.2, 0.25) is 0 Å². The van der Waals surface area contributed by atoms with Gasteiger partial charge in [-0.25, -0.2) is 0 Å². The van der Waals surface area contributed by atoms with E-state index in [1.165, 1.54) is 0 Å². The molecule has 0 saturated carbocycles. The standard InChI is InChI=1S/C8H16F2O2/c1-6(12-7(9)10)5-11-8(2,3)4/h6-7H,5H2,1-4H3/t6-/m1/s1. The van der Waals surface area contributed by atoms with E-state index in [-0.39, 0.29) is 12.2 Å². The summed E-state index contributed by atoms with van der Waals surface area (Å²) >= 11 is 0. The van der Waals surface area contributed by atoms with Crippen molar-refractivity contribution in [1.29, 1.82) is 0 Å². The molecule has 0 N–H and O–H groups in total. The summed E-state index contributed by atoms with van der Waals surface area (Å²) in [5.74, 6) is 0. The molecular weight excluding hydrogens is 166 g/mol. The molecule has 0 amide bonds.